The number of aryl methyl sites for hydroxylation is 3. The first kappa shape index (κ1) is 20.1. The van der Waals surface area contributed by atoms with Crippen LogP contribution in [0.15, 0.2) is 24.3 Å². The standard InChI is InChI=1S/C19H26N4O2S/c1-13-7-6-8-16(11-13)18(25)23(10-9-22(4)5)12-17(24)21-19-20-14(2)15(3)26-19/h6-8,11H,9-10,12H2,1-5H3,(H,20,21,24). The Kier molecular flexibility index (Phi) is 6.88. The second-order valence-electron chi connectivity index (χ2n) is 6.61. The van der Waals surface area contributed by atoms with Crippen molar-refractivity contribution in [1.82, 2.24) is 14.8 Å². The Balaban J connectivity index is 2.10. The number of hydrogen-bond acceptors (Lipinski definition) is 5. The zero-order valence-corrected chi connectivity index (χ0v) is 16.8. The van der Waals surface area contributed by atoms with Crippen molar-refractivity contribution >= 4 is 28.3 Å². The summed E-state index contributed by atoms with van der Waals surface area (Å²) in [5.74, 6) is -0.379. The Morgan fingerprint density at radius 2 is 1.88 bits per heavy atom. The van der Waals surface area contributed by atoms with Gasteiger partial charge in [0.2, 0.25) is 5.91 Å². The molecule has 7 heteroatoms. The maximum Gasteiger partial charge on any atom is 0.254 e. The van der Waals surface area contributed by atoms with Crippen LogP contribution in [0.4, 0.5) is 5.13 Å². The van der Waals surface area contributed by atoms with Gasteiger partial charge >= 0.3 is 0 Å². The van der Waals surface area contributed by atoms with Gasteiger partial charge in [-0.25, -0.2) is 4.98 Å². The highest BCUT2D eigenvalue weighted by Gasteiger charge is 2.20. The van der Waals surface area contributed by atoms with Crippen molar-refractivity contribution in [1.29, 1.82) is 0 Å². The van der Waals surface area contributed by atoms with Gasteiger partial charge in [0, 0.05) is 23.5 Å². The number of rotatable bonds is 7. The summed E-state index contributed by atoms with van der Waals surface area (Å²) in [6.07, 6.45) is 0. The number of benzene rings is 1. The largest absolute Gasteiger partial charge is 0.328 e. The van der Waals surface area contributed by atoms with Gasteiger partial charge in [0.15, 0.2) is 5.13 Å². The molecule has 0 aliphatic carbocycles. The zero-order valence-electron chi connectivity index (χ0n) is 16.0. The van der Waals surface area contributed by atoms with Gasteiger partial charge in [-0.15, -0.1) is 11.3 Å². The van der Waals surface area contributed by atoms with Crippen LogP contribution in [0.25, 0.3) is 0 Å². The molecule has 2 amide bonds. The van der Waals surface area contributed by atoms with Gasteiger partial charge in [-0.1, -0.05) is 17.7 Å². The van der Waals surface area contributed by atoms with Gasteiger partial charge in [0.1, 0.15) is 6.54 Å². The fourth-order valence-electron chi connectivity index (χ4n) is 2.39. The van der Waals surface area contributed by atoms with Crippen molar-refractivity contribution in [3.8, 4) is 0 Å². The number of amides is 2. The number of aromatic nitrogens is 1. The molecule has 0 saturated carbocycles. The molecule has 0 unspecified atom stereocenters. The first-order valence-electron chi connectivity index (χ1n) is 8.51. The predicted octanol–water partition coefficient (Wildman–Crippen LogP) is 2.71. The van der Waals surface area contributed by atoms with E-state index in [1.807, 2.05) is 58.0 Å². The summed E-state index contributed by atoms with van der Waals surface area (Å²) in [6, 6.07) is 7.43. The molecule has 0 atom stereocenters. The van der Waals surface area contributed by atoms with E-state index < -0.39 is 0 Å². The fourth-order valence-corrected chi connectivity index (χ4v) is 3.22. The van der Waals surface area contributed by atoms with Gasteiger partial charge in [-0.05, 0) is 47.0 Å². The first-order chi connectivity index (χ1) is 12.3. The molecule has 26 heavy (non-hydrogen) atoms. The molecule has 2 rings (SSSR count). The Hall–Kier alpha value is -2.25. The molecule has 140 valence electrons. The Bertz CT molecular complexity index is 766. The second kappa shape index (κ2) is 8.91. The van der Waals surface area contributed by atoms with Gasteiger partial charge in [0.05, 0.1) is 5.69 Å². The van der Waals surface area contributed by atoms with Crippen LogP contribution < -0.4 is 5.32 Å². The van der Waals surface area contributed by atoms with Gasteiger partial charge in [-0.3, -0.25) is 9.59 Å². The second-order valence-corrected chi connectivity index (χ2v) is 7.81. The highest BCUT2D eigenvalue weighted by molar-refractivity contribution is 7.15. The fraction of sp³-hybridized carbons (Fsp3) is 0.421. The Morgan fingerprint density at radius 3 is 2.46 bits per heavy atom. The maximum atomic E-state index is 12.9. The van der Waals surface area contributed by atoms with Crippen LogP contribution in [-0.4, -0.2) is 60.3 Å². The van der Waals surface area contributed by atoms with Gasteiger partial charge in [-0.2, -0.15) is 0 Å². The van der Waals surface area contributed by atoms with E-state index in [2.05, 4.69) is 10.3 Å². The number of likely N-dealkylation sites (N-methyl/N-ethyl adjacent to an activating group) is 1. The summed E-state index contributed by atoms with van der Waals surface area (Å²) >= 11 is 1.44. The normalized spacial score (nSPS) is 10.8. The monoisotopic (exact) mass is 374 g/mol. The minimum Gasteiger partial charge on any atom is -0.328 e. The van der Waals surface area contributed by atoms with Crippen LogP contribution in [0.5, 0.6) is 0 Å². The van der Waals surface area contributed by atoms with Gasteiger partial charge < -0.3 is 15.1 Å². The van der Waals surface area contributed by atoms with E-state index in [0.717, 1.165) is 16.1 Å². The molecule has 0 bridgehead atoms. The van der Waals surface area contributed by atoms with E-state index in [9.17, 15) is 9.59 Å². The van der Waals surface area contributed by atoms with Crippen molar-refractivity contribution in [3.63, 3.8) is 0 Å². The number of thiazole rings is 1. The van der Waals surface area contributed by atoms with E-state index in [4.69, 9.17) is 0 Å². The highest BCUT2D eigenvalue weighted by atomic mass is 32.1. The number of anilines is 1. The van der Waals surface area contributed by atoms with E-state index in [-0.39, 0.29) is 18.4 Å². The summed E-state index contributed by atoms with van der Waals surface area (Å²) in [7, 11) is 3.88. The number of carbonyl (C=O) groups is 2. The summed E-state index contributed by atoms with van der Waals surface area (Å²) in [4.78, 5) is 34.3. The van der Waals surface area contributed by atoms with Crippen molar-refractivity contribution < 1.29 is 9.59 Å². The third kappa shape index (κ3) is 5.64. The molecular weight excluding hydrogens is 348 g/mol. The lowest BCUT2D eigenvalue weighted by molar-refractivity contribution is -0.116. The average Bonchev–Trinajstić information content (AvgIpc) is 2.88. The number of carbonyl (C=O) groups excluding carboxylic acids is 2. The van der Waals surface area contributed by atoms with E-state index in [1.54, 1.807) is 11.0 Å². The molecule has 0 aliphatic heterocycles. The van der Waals surface area contributed by atoms with Crippen LogP contribution in [0, 0.1) is 20.8 Å². The average molecular weight is 375 g/mol. The summed E-state index contributed by atoms with van der Waals surface area (Å²) in [6.45, 7) is 6.97. The molecule has 2 aromatic rings. The molecule has 1 aromatic heterocycles. The lowest BCUT2D eigenvalue weighted by atomic mass is 10.1. The van der Waals surface area contributed by atoms with Crippen LogP contribution in [0.2, 0.25) is 0 Å². The molecule has 1 N–H and O–H groups in total. The quantitative estimate of drug-likeness (QED) is 0.809. The summed E-state index contributed by atoms with van der Waals surface area (Å²) in [5.41, 5.74) is 2.52. The van der Waals surface area contributed by atoms with Crippen molar-refractivity contribution in [2.24, 2.45) is 0 Å². The topological polar surface area (TPSA) is 65.5 Å². The molecule has 0 saturated heterocycles. The van der Waals surface area contributed by atoms with Crippen molar-refractivity contribution in [3.05, 3.63) is 46.0 Å². The maximum absolute atomic E-state index is 12.9. The first-order valence-corrected chi connectivity index (χ1v) is 9.32. The summed E-state index contributed by atoms with van der Waals surface area (Å²) < 4.78 is 0. The highest BCUT2D eigenvalue weighted by Crippen LogP contribution is 2.21. The molecule has 0 aliphatic rings. The van der Waals surface area contributed by atoms with E-state index >= 15 is 0 Å². The molecule has 1 aromatic carbocycles. The SMILES string of the molecule is Cc1cccc(C(=O)N(CCN(C)C)CC(=O)Nc2nc(C)c(C)s2)c1. The lowest BCUT2D eigenvalue weighted by Gasteiger charge is -2.24. The van der Waals surface area contributed by atoms with Crippen LogP contribution in [-0.2, 0) is 4.79 Å². The van der Waals surface area contributed by atoms with Crippen molar-refractivity contribution in [2.45, 2.75) is 20.8 Å². The minimum absolute atomic E-state index is 0.00170. The summed E-state index contributed by atoms with van der Waals surface area (Å²) in [5, 5.41) is 3.37. The molecule has 0 radical (unpaired) electrons. The van der Waals surface area contributed by atoms with Crippen LogP contribution in [0.1, 0.15) is 26.5 Å². The number of hydrogen-bond donors (Lipinski definition) is 1. The molecule has 0 spiro atoms. The third-order valence-corrected chi connectivity index (χ3v) is 4.97. The zero-order chi connectivity index (χ0) is 19.3. The molecule has 1 heterocycles. The predicted molar refractivity (Wildman–Crippen MR) is 106 cm³/mol. The minimum atomic E-state index is -0.237. The Labute approximate surface area is 158 Å². The molecule has 0 fully saturated rings. The van der Waals surface area contributed by atoms with Crippen LogP contribution in [0.3, 0.4) is 0 Å². The van der Waals surface area contributed by atoms with Crippen molar-refractivity contribution in [2.75, 3.05) is 39.0 Å². The lowest BCUT2D eigenvalue weighted by Crippen LogP contribution is -2.41. The van der Waals surface area contributed by atoms with Gasteiger partial charge in [0.25, 0.3) is 5.91 Å². The number of nitrogens with one attached hydrogen (secondary N) is 1. The third-order valence-electron chi connectivity index (χ3n) is 3.98. The van der Waals surface area contributed by atoms with Crippen LogP contribution >= 0.6 is 11.3 Å². The van der Waals surface area contributed by atoms with E-state index in [1.165, 1.54) is 11.3 Å². The molecular formula is C19H26N4O2S. The molecule has 6 nitrogen and oxygen atoms in total. The van der Waals surface area contributed by atoms with E-state index in [0.29, 0.717) is 23.8 Å². The number of nitrogens with zero attached hydrogens (tertiary/aromatic N) is 3. The smallest absolute Gasteiger partial charge is 0.254 e. The Morgan fingerprint density at radius 1 is 1.15 bits per heavy atom.